The van der Waals surface area contributed by atoms with E-state index in [-0.39, 0.29) is 5.56 Å². The van der Waals surface area contributed by atoms with Gasteiger partial charge in [0.05, 0.1) is 22.9 Å². The van der Waals surface area contributed by atoms with E-state index in [1.165, 1.54) is 17.1 Å². The Labute approximate surface area is 144 Å². The summed E-state index contributed by atoms with van der Waals surface area (Å²) in [5.41, 5.74) is 2.43. The molecule has 0 saturated heterocycles. The molecule has 2 heterocycles. The number of nitrogens with zero attached hydrogens (tertiary/aromatic N) is 4. The van der Waals surface area contributed by atoms with E-state index >= 15 is 0 Å². The Kier molecular flexibility index (Phi) is 4.44. The smallest absolute Gasteiger partial charge is 0.290 e. The molecule has 7 heteroatoms. The maximum absolute atomic E-state index is 12.5. The van der Waals surface area contributed by atoms with E-state index in [0.29, 0.717) is 39.5 Å². The predicted molar refractivity (Wildman–Crippen MR) is 93.0 cm³/mol. The van der Waals surface area contributed by atoms with Crippen LogP contribution in [0, 0.1) is 16.5 Å². The van der Waals surface area contributed by atoms with Crippen LogP contribution in [0.4, 0.5) is 11.4 Å². The molecule has 0 aliphatic heterocycles. The van der Waals surface area contributed by atoms with Gasteiger partial charge in [-0.3, -0.25) is 4.79 Å². The van der Waals surface area contributed by atoms with Gasteiger partial charge in [0.25, 0.3) is 5.56 Å². The summed E-state index contributed by atoms with van der Waals surface area (Å²) in [6.07, 6.45) is 2.79. The Morgan fingerprint density at radius 2 is 2.08 bits per heavy atom. The molecule has 0 spiro atoms. The highest BCUT2D eigenvalue weighted by atomic mass is 16.5. The number of aromatic nitrogens is 3. The van der Waals surface area contributed by atoms with Crippen LogP contribution in [-0.4, -0.2) is 9.78 Å². The molecule has 3 aromatic rings. The van der Waals surface area contributed by atoms with Crippen molar-refractivity contribution in [3.05, 3.63) is 76.0 Å². The van der Waals surface area contributed by atoms with Crippen LogP contribution >= 0.6 is 0 Å². The molecule has 0 aliphatic carbocycles. The molecule has 0 saturated carbocycles. The minimum absolute atomic E-state index is 0.262. The number of nitrogens with one attached hydrogen (secondary N) is 1. The monoisotopic (exact) mass is 333 g/mol. The summed E-state index contributed by atoms with van der Waals surface area (Å²) < 4.78 is 2.02. The molecule has 0 radical (unpaired) electrons. The van der Waals surface area contributed by atoms with Gasteiger partial charge < -0.3 is 10.5 Å². The third-order valence-electron chi connectivity index (χ3n) is 3.64. The van der Waals surface area contributed by atoms with E-state index in [2.05, 4.69) is 10.4 Å². The van der Waals surface area contributed by atoms with Gasteiger partial charge in [-0.2, -0.15) is 15.1 Å². The highest BCUT2D eigenvalue weighted by Gasteiger charge is 2.11. The van der Waals surface area contributed by atoms with Gasteiger partial charge in [-0.25, -0.2) is 4.68 Å². The fourth-order valence-corrected chi connectivity index (χ4v) is 2.38. The van der Waals surface area contributed by atoms with Crippen LogP contribution in [-0.2, 0) is 6.54 Å². The Morgan fingerprint density at radius 3 is 2.72 bits per heavy atom. The predicted octanol–water partition coefficient (Wildman–Crippen LogP) is 2.18. The lowest BCUT2D eigenvalue weighted by molar-refractivity contribution is -0.604. The van der Waals surface area contributed by atoms with Crippen LogP contribution < -0.4 is 15.6 Å². The van der Waals surface area contributed by atoms with Gasteiger partial charge in [0.15, 0.2) is 12.4 Å². The van der Waals surface area contributed by atoms with E-state index in [1.807, 2.05) is 13.0 Å². The number of nitriles is 1. The zero-order chi connectivity index (χ0) is 17.8. The molecule has 3 rings (SSSR count). The first-order valence-electron chi connectivity index (χ1n) is 7.69. The fraction of sp³-hybridized carbons (Fsp3) is 0.111. The average Bonchev–Trinajstić information content (AvgIpc) is 2.64. The molecule has 7 nitrogen and oxygen atoms in total. The summed E-state index contributed by atoms with van der Waals surface area (Å²) in [5.74, 6) is 0. The average molecular weight is 333 g/mol. The molecular formula is C18H15N5O2. The Bertz CT molecular complexity index is 1000. The molecule has 25 heavy (non-hydrogen) atoms. The first-order valence-corrected chi connectivity index (χ1v) is 7.69. The molecular weight excluding hydrogens is 318 g/mol. The summed E-state index contributed by atoms with van der Waals surface area (Å²) in [6, 6.07) is 13.8. The summed E-state index contributed by atoms with van der Waals surface area (Å²) in [5, 5.41) is 27.7. The number of pyridine rings is 1. The van der Waals surface area contributed by atoms with E-state index in [4.69, 9.17) is 5.26 Å². The van der Waals surface area contributed by atoms with E-state index in [9.17, 15) is 10.0 Å². The lowest BCUT2D eigenvalue weighted by Gasteiger charge is -2.11. The van der Waals surface area contributed by atoms with Crippen molar-refractivity contribution >= 4 is 11.4 Å². The first kappa shape index (κ1) is 16.2. The molecule has 0 bridgehead atoms. The zero-order valence-corrected chi connectivity index (χ0v) is 13.5. The second-order valence-electron chi connectivity index (χ2n) is 5.33. The van der Waals surface area contributed by atoms with Crippen molar-refractivity contribution < 1.29 is 4.73 Å². The van der Waals surface area contributed by atoms with E-state index < -0.39 is 0 Å². The lowest BCUT2D eigenvalue weighted by atomic mass is 10.2. The quantitative estimate of drug-likeness (QED) is 0.583. The van der Waals surface area contributed by atoms with Crippen LogP contribution in [0.1, 0.15) is 12.5 Å². The highest BCUT2D eigenvalue weighted by Crippen LogP contribution is 2.19. The largest absolute Gasteiger partial charge is 0.619 e. The van der Waals surface area contributed by atoms with Crippen molar-refractivity contribution in [2.75, 3.05) is 5.32 Å². The lowest BCUT2D eigenvalue weighted by Crippen LogP contribution is -2.26. The topological polar surface area (TPSA) is 97.7 Å². The molecule has 1 aromatic carbocycles. The van der Waals surface area contributed by atoms with Crippen LogP contribution in [0.5, 0.6) is 0 Å². The summed E-state index contributed by atoms with van der Waals surface area (Å²) >= 11 is 0. The minimum Gasteiger partial charge on any atom is -0.619 e. The van der Waals surface area contributed by atoms with Gasteiger partial charge in [-0.15, -0.1) is 0 Å². The number of benzene rings is 1. The van der Waals surface area contributed by atoms with Gasteiger partial charge in [0.2, 0.25) is 0 Å². The molecule has 0 fully saturated rings. The number of aryl methyl sites for hydroxylation is 1. The van der Waals surface area contributed by atoms with Gasteiger partial charge in [0.1, 0.15) is 5.69 Å². The molecule has 0 aliphatic rings. The summed E-state index contributed by atoms with van der Waals surface area (Å²) in [7, 11) is 0. The number of rotatable bonds is 4. The number of hydrogen-bond donors (Lipinski definition) is 1. The van der Waals surface area contributed by atoms with Crippen molar-refractivity contribution in [2.24, 2.45) is 0 Å². The fourth-order valence-electron chi connectivity index (χ4n) is 2.38. The third kappa shape index (κ3) is 3.48. The van der Waals surface area contributed by atoms with Crippen molar-refractivity contribution in [3.63, 3.8) is 0 Å². The van der Waals surface area contributed by atoms with Crippen LogP contribution in [0.2, 0.25) is 0 Å². The number of anilines is 2. The second-order valence-corrected chi connectivity index (χ2v) is 5.33. The SMILES string of the molecule is CCn1nc(-c2ccc[n+]([O-])c2)cc(Nc2ccc(C#N)cc2)c1=O. The minimum atomic E-state index is -0.262. The Hall–Kier alpha value is -3.66. The van der Waals surface area contributed by atoms with Crippen molar-refractivity contribution in [1.29, 1.82) is 5.26 Å². The number of hydrogen-bond acceptors (Lipinski definition) is 5. The molecule has 0 amide bonds. The van der Waals surface area contributed by atoms with Gasteiger partial charge in [0, 0.05) is 18.3 Å². The maximum Gasteiger partial charge on any atom is 0.290 e. The van der Waals surface area contributed by atoms with Gasteiger partial charge in [-0.1, -0.05) is 0 Å². The zero-order valence-electron chi connectivity index (χ0n) is 13.5. The van der Waals surface area contributed by atoms with Gasteiger partial charge >= 0.3 is 0 Å². The molecule has 0 unspecified atom stereocenters. The van der Waals surface area contributed by atoms with Crippen LogP contribution in [0.15, 0.2) is 59.7 Å². The third-order valence-corrected chi connectivity index (χ3v) is 3.64. The van der Waals surface area contributed by atoms with E-state index in [1.54, 1.807) is 42.5 Å². The normalized spacial score (nSPS) is 10.2. The molecule has 0 atom stereocenters. The Morgan fingerprint density at radius 1 is 1.32 bits per heavy atom. The van der Waals surface area contributed by atoms with Crippen LogP contribution in [0.25, 0.3) is 11.3 Å². The molecule has 124 valence electrons. The van der Waals surface area contributed by atoms with E-state index in [0.717, 1.165) is 0 Å². The molecule has 2 aromatic heterocycles. The summed E-state index contributed by atoms with van der Waals surface area (Å²) in [6.45, 7) is 2.22. The molecule has 1 N–H and O–H groups in total. The van der Waals surface area contributed by atoms with Crippen molar-refractivity contribution in [1.82, 2.24) is 9.78 Å². The highest BCUT2D eigenvalue weighted by molar-refractivity contribution is 5.66. The summed E-state index contributed by atoms with van der Waals surface area (Å²) in [4.78, 5) is 12.5. The van der Waals surface area contributed by atoms with Crippen molar-refractivity contribution in [3.8, 4) is 17.3 Å². The maximum atomic E-state index is 12.5. The van der Waals surface area contributed by atoms with Crippen LogP contribution in [0.3, 0.4) is 0 Å². The standard InChI is InChI=1S/C18H15N5O2/c1-2-23-18(24)17(20-15-7-5-13(11-19)6-8-15)10-16(21-23)14-4-3-9-22(25)12-14/h3-10,12,20H,2H2,1H3. The Balaban J connectivity index is 2.04. The first-order chi connectivity index (χ1) is 12.1. The van der Waals surface area contributed by atoms with Gasteiger partial charge in [-0.05, 0) is 43.3 Å². The second kappa shape index (κ2) is 6.84. The van der Waals surface area contributed by atoms with Crippen molar-refractivity contribution in [2.45, 2.75) is 13.5 Å².